The van der Waals surface area contributed by atoms with E-state index in [0.29, 0.717) is 24.5 Å². The van der Waals surface area contributed by atoms with E-state index in [1.54, 1.807) is 23.1 Å². The number of carbonyl (C=O) groups excluding carboxylic acids is 1. The van der Waals surface area contributed by atoms with Crippen LogP contribution in [-0.4, -0.2) is 53.4 Å². The van der Waals surface area contributed by atoms with Gasteiger partial charge in [0, 0.05) is 26.2 Å². The van der Waals surface area contributed by atoms with E-state index < -0.39 is 0 Å². The Labute approximate surface area is 159 Å². The molecule has 1 aromatic carbocycles. The molecule has 0 spiro atoms. The molecule has 1 saturated heterocycles. The van der Waals surface area contributed by atoms with E-state index >= 15 is 0 Å². The van der Waals surface area contributed by atoms with Crippen molar-refractivity contribution in [1.82, 2.24) is 19.8 Å². The van der Waals surface area contributed by atoms with Crippen molar-refractivity contribution < 1.29 is 9.18 Å². The molecule has 2 aromatic rings. The molecule has 0 unspecified atom stereocenters. The summed E-state index contributed by atoms with van der Waals surface area (Å²) in [4.78, 5) is 26.0. The van der Waals surface area contributed by atoms with Gasteiger partial charge < -0.3 is 15.1 Å². The first-order chi connectivity index (χ1) is 13.0. The molecule has 1 N–H and O–H groups in total. The highest BCUT2D eigenvalue weighted by atomic mass is 19.1. The van der Waals surface area contributed by atoms with Crippen LogP contribution in [0.15, 0.2) is 30.3 Å². The molecule has 6 nitrogen and oxygen atoms in total. The second-order valence-corrected chi connectivity index (χ2v) is 7.10. The average molecular weight is 371 g/mol. The number of halogens is 1. The minimum atomic E-state index is -0.344. The van der Waals surface area contributed by atoms with E-state index in [0.717, 1.165) is 24.4 Å². The minimum Gasteiger partial charge on any atom is -0.373 e. The Morgan fingerprint density at radius 1 is 1.33 bits per heavy atom. The normalized spacial score (nSPS) is 16.8. The first-order valence-corrected chi connectivity index (χ1v) is 9.21. The SMILES string of the molecule is CNc1cc(CN(C)C)nc([C@@H]2CCCN2C(=O)Cc2ccccc2F)n1. The van der Waals surface area contributed by atoms with Crippen LogP contribution in [-0.2, 0) is 17.8 Å². The lowest BCUT2D eigenvalue weighted by Crippen LogP contribution is -2.33. The Kier molecular flexibility index (Phi) is 6.01. The van der Waals surface area contributed by atoms with Crippen LogP contribution in [0.25, 0.3) is 0 Å². The first kappa shape index (κ1) is 19.2. The third-order valence-electron chi connectivity index (χ3n) is 4.70. The molecule has 1 amide bonds. The molecule has 0 saturated carbocycles. The van der Waals surface area contributed by atoms with Gasteiger partial charge in [0.25, 0.3) is 0 Å². The molecule has 1 atom stereocenters. The van der Waals surface area contributed by atoms with Gasteiger partial charge in [0.15, 0.2) is 5.82 Å². The zero-order chi connectivity index (χ0) is 19.4. The number of hydrogen-bond donors (Lipinski definition) is 1. The van der Waals surface area contributed by atoms with Crippen molar-refractivity contribution >= 4 is 11.7 Å². The molecule has 0 radical (unpaired) electrons. The molecule has 144 valence electrons. The molecule has 1 fully saturated rings. The summed E-state index contributed by atoms with van der Waals surface area (Å²) >= 11 is 0. The zero-order valence-corrected chi connectivity index (χ0v) is 16.1. The third kappa shape index (κ3) is 4.60. The maximum atomic E-state index is 13.9. The summed E-state index contributed by atoms with van der Waals surface area (Å²) in [6.07, 6.45) is 1.76. The maximum absolute atomic E-state index is 13.9. The van der Waals surface area contributed by atoms with Crippen molar-refractivity contribution in [2.24, 2.45) is 0 Å². The number of carbonyl (C=O) groups is 1. The van der Waals surface area contributed by atoms with Gasteiger partial charge in [-0.25, -0.2) is 14.4 Å². The van der Waals surface area contributed by atoms with Crippen LogP contribution in [0.1, 0.15) is 36.0 Å². The molecule has 27 heavy (non-hydrogen) atoms. The van der Waals surface area contributed by atoms with E-state index in [1.165, 1.54) is 6.07 Å². The van der Waals surface area contributed by atoms with Gasteiger partial charge in [0.2, 0.25) is 5.91 Å². The Morgan fingerprint density at radius 2 is 2.11 bits per heavy atom. The summed E-state index contributed by atoms with van der Waals surface area (Å²) in [6, 6.07) is 8.18. The Bertz CT molecular complexity index is 811. The van der Waals surface area contributed by atoms with E-state index in [4.69, 9.17) is 4.98 Å². The van der Waals surface area contributed by atoms with Crippen LogP contribution in [0, 0.1) is 5.82 Å². The Hall–Kier alpha value is -2.54. The average Bonchev–Trinajstić information content (AvgIpc) is 3.12. The van der Waals surface area contributed by atoms with Crippen LogP contribution in [0.4, 0.5) is 10.2 Å². The summed E-state index contributed by atoms with van der Waals surface area (Å²) < 4.78 is 13.9. The van der Waals surface area contributed by atoms with Crippen molar-refractivity contribution in [3.05, 3.63) is 53.2 Å². The highest BCUT2D eigenvalue weighted by Gasteiger charge is 2.32. The second-order valence-electron chi connectivity index (χ2n) is 7.10. The molecular weight excluding hydrogens is 345 g/mol. The number of anilines is 1. The second kappa shape index (κ2) is 8.43. The lowest BCUT2D eigenvalue weighted by atomic mass is 10.1. The number of nitrogens with one attached hydrogen (secondary N) is 1. The largest absolute Gasteiger partial charge is 0.373 e. The number of benzene rings is 1. The van der Waals surface area contributed by atoms with Gasteiger partial charge in [-0.05, 0) is 38.6 Å². The topological polar surface area (TPSA) is 61.4 Å². The number of aromatic nitrogens is 2. The lowest BCUT2D eigenvalue weighted by Gasteiger charge is -2.25. The van der Waals surface area contributed by atoms with Crippen LogP contribution < -0.4 is 5.32 Å². The van der Waals surface area contributed by atoms with Gasteiger partial charge in [-0.1, -0.05) is 18.2 Å². The maximum Gasteiger partial charge on any atom is 0.227 e. The summed E-state index contributed by atoms with van der Waals surface area (Å²) in [5, 5.41) is 3.07. The standard InChI is InChI=1S/C20H26FN5O/c1-22-18-12-15(13-25(2)3)23-20(24-18)17-9-6-10-26(17)19(27)11-14-7-4-5-8-16(14)21/h4-5,7-8,12,17H,6,9-11,13H2,1-3H3,(H,22,23,24)/t17-/m0/s1. The van der Waals surface area contributed by atoms with Crippen molar-refractivity contribution in [1.29, 1.82) is 0 Å². The number of nitrogens with zero attached hydrogens (tertiary/aromatic N) is 4. The predicted octanol–water partition coefficient (Wildman–Crippen LogP) is 2.63. The lowest BCUT2D eigenvalue weighted by molar-refractivity contribution is -0.131. The summed E-state index contributed by atoms with van der Waals surface area (Å²) in [6.45, 7) is 1.34. The van der Waals surface area contributed by atoms with E-state index in [2.05, 4.69) is 10.3 Å². The molecule has 2 heterocycles. The first-order valence-electron chi connectivity index (χ1n) is 9.21. The van der Waals surface area contributed by atoms with Gasteiger partial charge in [0.1, 0.15) is 11.6 Å². The number of likely N-dealkylation sites (tertiary alicyclic amines) is 1. The highest BCUT2D eigenvalue weighted by molar-refractivity contribution is 5.79. The quantitative estimate of drug-likeness (QED) is 0.846. The molecule has 7 heteroatoms. The van der Waals surface area contributed by atoms with Crippen molar-refractivity contribution in [3.63, 3.8) is 0 Å². The fraction of sp³-hybridized carbons (Fsp3) is 0.450. The minimum absolute atomic E-state index is 0.0550. The molecule has 1 aliphatic heterocycles. The molecule has 3 rings (SSSR count). The van der Waals surface area contributed by atoms with Crippen molar-refractivity contribution in [2.45, 2.75) is 31.8 Å². The molecule has 0 aliphatic carbocycles. The monoisotopic (exact) mass is 371 g/mol. The molecule has 0 bridgehead atoms. The van der Waals surface area contributed by atoms with E-state index in [1.807, 2.05) is 32.1 Å². The van der Waals surface area contributed by atoms with Gasteiger partial charge in [-0.2, -0.15) is 0 Å². The van der Waals surface area contributed by atoms with Crippen LogP contribution >= 0.6 is 0 Å². The fourth-order valence-electron chi connectivity index (χ4n) is 3.44. The van der Waals surface area contributed by atoms with Crippen molar-refractivity contribution in [2.75, 3.05) is 33.0 Å². The number of rotatable bonds is 6. The van der Waals surface area contributed by atoms with Gasteiger partial charge in [-0.3, -0.25) is 4.79 Å². The predicted molar refractivity (Wildman–Crippen MR) is 103 cm³/mol. The van der Waals surface area contributed by atoms with Crippen LogP contribution in [0.5, 0.6) is 0 Å². The van der Waals surface area contributed by atoms with E-state index in [9.17, 15) is 9.18 Å². The van der Waals surface area contributed by atoms with Gasteiger partial charge in [0.05, 0.1) is 18.2 Å². The summed E-state index contributed by atoms with van der Waals surface area (Å²) in [5.41, 5.74) is 1.33. The number of amides is 1. The highest BCUT2D eigenvalue weighted by Crippen LogP contribution is 2.31. The molecule has 1 aromatic heterocycles. The van der Waals surface area contributed by atoms with Crippen LogP contribution in [0.2, 0.25) is 0 Å². The van der Waals surface area contributed by atoms with Crippen LogP contribution in [0.3, 0.4) is 0 Å². The van der Waals surface area contributed by atoms with Crippen molar-refractivity contribution in [3.8, 4) is 0 Å². The fourth-order valence-corrected chi connectivity index (χ4v) is 3.44. The Morgan fingerprint density at radius 3 is 2.81 bits per heavy atom. The summed E-state index contributed by atoms with van der Waals surface area (Å²) in [5.74, 6) is 0.960. The third-order valence-corrected chi connectivity index (χ3v) is 4.70. The number of hydrogen-bond acceptors (Lipinski definition) is 5. The van der Waals surface area contributed by atoms with E-state index in [-0.39, 0.29) is 24.2 Å². The van der Waals surface area contributed by atoms with Gasteiger partial charge in [-0.15, -0.1) is 0 Å². The molecular formula is C20H26FN5O. The Balaban J connectivity index is 1.83. The van der Waals surface area contributed by atoms with Gasteiger partial charge >= 0.3 is 0 Å². The smallest absolute Gasteiger partial charge is 0.227 e. The molecule has 1 aliphatic rings. The zero-order valence-electron chi connectivity index (χ0n) is 16.1. The summed E-state index contributed by atoms with van der Waals surface area (Å²) in [7, 11) is 5.79.